The van der Waals surface area contributed by atoms with Crippen molar-refractivity contribution in [1.82, 2.24) is 9.78 Å². The molecular formula is C9H15ClN4. The van der Waals surface area contributed by atoms with Crippen molar-refractivity contribution in [3.8, 4) is 0 Å². The first-order valence-electron chi connectivity index (χ1n) is 4.62. The van der Waals surface area contributed by atoms with Crippen molar-refractivity contribution in [3.63, 3.8) is 0 Å². The van der Waals surface area contributed by atoms with Crippen molar-refractivity contribution in [2.75, 3.05) is 0 Å². The second-order valence-corrected chi connectivity index (χ2v) is 3.72. The lowest BCUT2D eigenvalue weighted by Crippen LogP contribution is -2.09. The molecule has 78 valence electrons. The van der Waals surface area contributed by atoms with Gasteiger partial charge in [0.25, 0.3) is 0 Å². The number of nitrogens with zero attached hydrogens (tertiary/aromatic N) is 2. The van der Waals surface area contributed by atoms with E-state index in [0.717, 1.165) is 25.1 Å². The highest BCUT2D eigenvalue weighted by atomic mass is 35.5. The van der Waals surface area contributed by atoms with Gasteiger partial charge in [0.1, 0.15) is 0 Å². The van der Waals surface area contributed by atoms with Crippen LogP contribution in [0.4, 0.5) is 0 Å². The Bertz CT molecular complexity index is 299. The van der Waals surface area contributed by atoms with E-state index in [1.165, 1.54) is 0 Å². The van der Waals surface area contributed by atoms with Crippen LogP contribution < -0.4 is 5.73 Å². The van der Waals surface area contributed by atoms with Gasteiger partial charge in [-0.05, 0) is 19.8 Å². The second kappa shape index (κ2) is 5.00. The summed E-state index contributed by atoms with van der Waals surface area (Å²) in [6.07, 6.45) is 4.38. The third-order valence-corrected chi connectivity index (χ3v) is 2.34. The Morgan fingerprint density at radius 3 is 2.86 bits per heavy atom. The van der Waals surface area contributed by atoms with Crippen molar-refractivity contribution >= 4 is 17.4 Å². The Morgan fingerprint density at radius 2 is 2.36 bits per heavy atom. The minimum atomic E-state index is 0.250. The van der Waals surface area contributed by atoms with E-state index in [9.17, 15) is 0 Å². The molecule has 0 saturated carbocycles. The van der Waals surface area contributed by atoms with Gasteiger partial charge >= 0.3 is 0 Å². The quantitative estimate of drug-likeness (QED) is 0.447. The van der Waals surface area contributed by atoms with E-state index in [4.69, 9.17) is 22.7 Å². The predicted molar refractivity (Wildman–Crippen MR) is 57.7 cm³/mol. The molecule has 5 heteroatoms. The fourth-order valence-corrected chi connectivity index (χ4v) is 1.35. The summed E-state index contributed by atoms with van der Waals surface area (Å²) >= 11 is 5.86. The van der Waals surface area contributed by atoms with Crippen LogP contribution in [-0.4, -0.2) is 15.6 Å². The van der Waals surface area contributed by atoms with Crippen LogP contribution in [0, 0.1) is 12.3 Å². The highest BCUT2D eigenvalue weighted by Gasteiger charge is 2.01. The molecule has 0 bridgehead atoms. The minimum absolute atomic E-state index is 0.250. The molecule has 14 heavy (non-hydrogen) atoms. The number of halogens is 1. The van der Waals surface area contributed by atoms with Gasteiger partial charge in [-0.2, -0.15) is 5.10 Å². The Labute approximate surface area is 88.6 Å². The summed E-state index contributed by atoms with van der Waals surface area (Å²) < 4.78 is 1.83. The molecule has 1 heterocycles. The summed E-state index contributed by atoms with van der Waals surface area (Å²) in [7, 11) is 0. The lowest BCUT2D eigenvalue weighted by molar-refractivity contribution is 0.560. The molecule has 0 radical (unpaired) electrons. The third kappa shape index (κ3) is 3.38. The molecule has 0 spiro atoms. The van der Waals surface area contributed by atoms with Crippen molar-refractivity contribution < 1.29 is 0 Å². The van der Waals surface area contributed by atoms with Crippen LogP contribution >= 0.6 is 11.6 Å². The maximum atomic E-state index is 7.05. The molecule has 0 amide bonds. The van der Waals surface area contributed by atoms with E-state index >= 15 is 0 Å². The molecule has 0 aromatic carbocycles. The molecule has 0 saturated heterocycles. The molecule has 0 aliphatic carbocycles. The van der Waals surface area contributed by atoms with E-state index in [1.807, 2.05) is 17.8 Å². The highest BCUT2D eigenvalue weighted by Crippen LogP contribution is 2.12. The van der Waals surface area contributed by atoms with Crippen molar-refractivity contribution in [1.29, 1.82) is 5.41 Å². The van der Waals surface area contributed by atoms with Crippen LogP contribution in [0.25, 0.3) is 0 Å². The SMILES string of the molecule is Cc1nn(CCCCC(=N)N)cc1Cl. The average molecular weight is 215 g/mol. The standard InChI is InChI=1S/C9H15ClN4/c1-7-8(10)6-14(13-7)5-3-2-4-9(11)12/h6H,2-5H2,1H3,(H3,11,12). The number of nitrogens with two attached hydrogens (primary N) is 1. The molecule has 0 aliphatic rings. The van der Waals surface area contributed by atoms with Gasteiger partial charge in [-0.25, -0.2) is 0 Å². The maximum Gasteiger partial charge on any atom is 0.0905 e. The number of rotatable bonds is 5. The lowest BCUT2D eigenvalue weighted by Gasteiger charge is -2.00. The highest BCUT2D eigenvalue weighted by molar-refractivity contribution is 6.31. The lowest BCUT2D eigenvalue weighted by atomic mass is 10.2. The summed E-state index contributed by atoms with van der Waals surface area (Å²) in [4.78, 5) is 0. The van der Waals surface area contributed by atoms with Crippen molar-refractivity contribution in [3.05, 3.63) is 16.9 Å². The zero-order chi connectivity index (χ0) is 10.6. The van der Waals surface area contributed by atoms with Crippen molar-refractivity contribution in [2.24, 2.45) is 5.73 Å². The Hall–Kier alpha value is -1.03. The van der Waals surface area contributed by atoms with E-state index in [-0.39, 0.29) is 5.84 Å². The minimum Gasteiger partial charge on any atom is -0.388 e. The molecule has 1 aromatic rings. The molecule has 3 N–H and O–H groups in total. The van der Waals surface area contributed by atoms with E-state index in [0.29, 0.717) is 11.4 Å². The van der Waals surface area contributed by atoms with Gasteiger partial charge in [-0.15, -0.1) is 0 Å². The number of aryl methyl sites for hydroxylation is 2. The summed E-state index contributed by atoms with van der Waals surface area (Å²) in [5.74, 6) is 0.250. The number of aromatic nitrogens is 2. The predicted octanol–water partition coefficient (Wildman–Crippen LogP) is 1.95. The molecule has 0 aliphatic heterocycles. The largest absolute Gasteiger partial charge is 0.388 e. The molecule has 4 nitrogen and oxygen atoms in total. The Morgan fingerprint density at radius 1 is 1.64 bits per heavy atom. The van der Waals surface area contributed by atoms with Gasteiger partial charge in [-0.3, -0.25) is 10.1 Å². The fourth-order valence-electron chi connectivity index (χ4n) is 1.20. The van der Waals surface area contributed by atoms with Crippen LogP contribution in [0.5, 0.6) is 0 Å². The van der Waals surface area contributed by atoms with Gasteiger partial charge < -0.3 is 5.73 Å². The van der Waals surface area contributed by atoms with Gasteiger partial charge in [0, 0.05) is 19.2 Å². The van der Waals surface area contributed by atoms with Gasteiger partial charge in [0.2, 0.25) is 0 Å². The molecule has 1 rings (SSSR count). The molecule has 1 aromatic heterocycles. The Balaban J connectivity index is 2.28. The number of hydrogen-bond acceptors (Lipinski definition) is 2. The van der Waals surface area contributed by atoms with Gasteiger partial charge in [0.05, 0.1) is 16.6 Å². The van der Waals surface area contributed by atoms with Crippen LogP contribution in [-0.2, 0) is 6.54 Å². The molecule has 0 atom stereocenters. The van der Waals surface area contributed by atoms with E-state index in [1.54, 1.807) is 0 Å². The molecule has 0 fully saturated rings. The fraction of sp³-hybridized carbons (Fsp3) is 0.556. The summed E-state index contributed by atoms with van der Waals surface area (Å²) in [6, 6.07) is 0. The zero-order valence-corrected chi connectivity index (χ0v) is 9.01. The average Bonchev–Trinajstić information content (AvgIpc) is 2.40. The second-order valence-electron chi connectivity index (χ2n) is 3.31. The summed E-state index contributed by atoms with van der Waals surface area (Å²) in [5.41, 5.74) is 6.10. The normalized spacial score (nSPS) is 10.4. The molecular weight excluding hydrogens is 200 g/mol. The topological polar surface area (TPSA) is 67.7 Å². The van der Waals surface area contributed by atoms with E-state index in [2.05, 4.69) is 5.10 Å². The number of amidine groups is 1. The van der Waals surface area contributed by atoms with Gasteiger partial charge in [-0.1, -0.05) is 11.6 Å². The monoisotopic (exact) mass is 214 g/mol. The number of hydrogen-bond donors (Lipinski definition) is 2. The summed E-state index contributed by atoms with van der Waals surface area (Å²) in [5, 5.41) is 12.0. The first-order valence-corrected chi connectivity index (χ1v) is 5.00. The number of unbranched alkanes of at least 4 members (excludes halogenated alkanes) is 1. The van der Waals surface area contributed by atoms with E-state index < -0.39 is 0 Å². The van der Waals surface area contributed by atoms with Crippen LogP contribution in [0.3, 0.4) is 0 Å². The van der Waals surface area contributed by atoms with Crippen LogP contribution in [0.2, 0.25) is 5.02 Å². The summed E-state index contributed by atoms with van der Waals surface area (Å²) in [6.45, 7) is 2.72. The van der Waals surface area contributed by atoms with Gasteiger partial charge in [0.15, 0.2) is 0 Å². The van der Waals surface area contributed by atoms with Crippen LogP contribution in [0.1, 0.15) is 25.0 Å². The maximum absolute atomic E-state index is 7.05. The first-order chi connectivity index (χ1) is 6.59. The molecule has 0 unspecified atom stereocenters. The Kier molecular flexibility index (Phi) is 3.95. The van der Waals surface area contributed by atoms with Crippen molar-refractivity contribution in [2.45, 2.75) is 32.7 Å². The third-order valence-electron chi connectivity index (χ3n) is 1.97. The first kappa shape index (κ1) is 11.0. The zero-order valence-electron chi connectivity index (χ0n) is 8.26. The smallest absolute Gasteiger partial charge is 0.0905 e. The van der Waals surface area contributed by atoms with Crippen LogP contribution in [0.15, 0.2) is 6.20 Å². The number of nitrogens with one attached hydrogen (secondary N) is 1.